The summed E-state index contributed by atoms with van der Waals surface area (Å²) in [6.45, 7) is 11.6. The van der Waals surface area contributed by atoms with Crippen molar-refractivity contribution >= 4 is 5.69 Å². The summed E-state index contributed by atoms with van der Waals surface area (Å²) in [5.41, 5.74) is 3.85. The SMILES string of the molecule is CC(C)Oc1ccccc1CNc1ccc(C(C)(C)C)cc1. The Balaban J connectivity index is 2.04. The lowest BCUT2D eigenvalue weighted by Crippen LogP contribution is -2.11. The lowest BCUT2D eigenvalue weighted by molar-refractivity contribution is 0.240. The second kappa shape index (κ2) is 6.87. The molecule has 0 saturated heterocycles. The number of ether oxygens (including phenoxy) is 1. The first-order valence-electron chi connectivity index (χ1n) is 7.95. The van der Waals surface area contributed by atoms with Crippen LogP contribution in [0.4, 0.5) is 5.69 Å². The van der Waals surface area contributed by atoms with E-state index in [0.717, 1.165) is 18.0 Å². The first-order valence-corrected chi connectivity index (χ1v) is 7.95. The van der Waals surface area contributed by atoms with Gasteiger partial charge in [0.2, 0.25) is 0 Å². The predicted molar refractivity (Wildman–Crippen MR) is 94.7 cm³/mol. The van der Waals surface area contributed by atoms with Crippen molar-refractivity contribution in [2.75, 3.05) is 5.32 Å². The Kier molecular flexibility index (Phi) is 5.12. The first kappa shape index (κ1) is 16.4. The third-order valence-electron chi connectivity index (χ3n) is 3.57. The van der Waals surface area contributed by atoms with Crippen LogP contribution in [0.25, 0.3) is 0 Å². The standard InChI is InChI=1S/C20H27NO/c1-15(2)22-19-9-7-6-8-16(19)14-21-18-12-10-17(11-13-18)20(3,4)5/h6-13,15,21H,14H2,1-5H3. The molecule has 0 bridgehead atoms. The van der Waals surface area contributed by atoms with Gasteiger partial charge < -0.3 is 10.1 Å². The van der Waals surface area contributed by atoms with Gasteiger partial charge in [0.25, 0.3) is 0 Å². The molecule has 2 aromatic rings. The zero-order valence-corrected chi connectivity index (χ0v) is 14.3. The molecular formula is C20H27NO. The minimum Gasteiger partial charge on any atom is -0.491 e. The van der Waals surface area contributed by atoms with Gasteiger partial charge in [-0.25, -0.2) is 0 Å². The monoisotopic (exact) mass is 297 g/mol. The van der Waals surface area contributed by atoms with Crippen molar-refractivity contribution in [3.8, 4) is 5.75 Å². The molecule has 0 aromatic heterocycles. The second-order valence-electron chi connectivity index (χ2n) is 6.96. The summed E-state index contributed by atoms with van der Waals surface area (Å²) in [6, 6.07) is 16.9. The van der Waals surface area contributed by atoms with E-state index in [9.17, 15) is 0 Å². The summed E-state index contributed by atoms with van der Waals surface area (Å²) >= 11 is 0. The van der Waals surface area contributed by atoms with E-state index < -0.39 is 0 Å². The molecule has 0 aliphatic carbocycles. The van der Waals surface area contributed by atoms with E-state index in [2.05, 4.69) is 70.3 Å². The van der Waals surface area contributed by atoms with E-state index in [-0.39, 0.29) is 11.5 Å². The Morgan fingerprint density at radius 3 is 2.18 bits per heavy atom. The summed E-state index contributed by atoms with van der Waals surface area (Å²) in [7, 11) is 0. The largest absolute Gasteiger partial charge is 0.491 e. The number of para-hydroxylation sites is 1. The van der Waals surface area contributed by atoms with E-state index >= 15 is 0 Å². The quantitative estimate of drug-likeness (QED) is 0.799. The minimum atomic E-state index is 0.187. The van der Waals surface area contributed by atoms with Crippen molar-refractivity contribution in [1.82, 2.24) is 0 Å². The molecule has 0 saturated carbocycles. The molecule has 0 aliphatic heterocycles. The number of hydrogen-bond acceptors (Lipinski definition) is 2. The number of anilines is 1. The molecule has 0 aliphatic rings. The van der Waals surface area contributed by atoms with Crippen molar-refractivity contribution in [3.63, 3.8) is 0 Å². The highest BCUT2D eigenvalue weighted by atomic mass is 16.5. The maximum absolute atomic E-state index is 5.86. The molecule has 1 N–H and O–H groups in total. The van der Waals surface area contributed by atoms with Crippen LogP contribution in [-0.4, -0.2) is 6.10 Å². The van der Waals surface area contributed by atoms with Gasteiger partial charge in [-0.1, -0.05) is 51.1 Å². The topological polar surface area (TPSA) is 21.3 Å². The van der Waals surface area contributed by atoms with Gasteiger partial charge in [-0.3, -0.25) is 0 Å². The number of benzene rings is 2. The number of hydrogen-bond donors (Lipinski definition) is 1. The third kappa shape index (κ3) is 4.52. The highest BCUT2D eigenvalue weighted by Gasteiger charge is 2.12. The maximum Gasteiger partial charge on any atom is 0.124 e. The van der Waals surface area contributed by atoms with Gasteiger partial charge >= 0.3 is 0 Å². The zero-order valence-electron chi connectivity index (χ0n) is 14.3. The van der Waals surface area contributed by atoms with Gasteiger partial charge in [-0.15, -0.1) is 0 Å². The van der Waals surface area contributed by atoms with E-state index in [0.29, 0.717) is 0 Å². The smallest absolute Gasteiger partial charge is 0.124 e. The number of rotatable bonds is 5. The van der Waals surface area contributed by atoms with Gasteiger partial charge in [0, 0.05) is 17.8 Å². The lowest BCUT2D eigenvalue weighted by Gasteiger charge is -2.19. The van der Waals surface area contributed by atoms with Crippen LogP contribution in [0.3, 0.4) is 0 Å². The Hall–Kier alpha value is -1.96. The summed E-state index contributed by atoms with van der Waals surface area (Å²) in [4.78, 5) is 0. The van der Waals surface area contributed by atoms with Crippen LogP contribution >= 0.6 is 0 Å². The van der Waals surface area contributed by atoms with Crippen molar-refractivity contribution < 1.29 is 4.74 Å². The molecule has 0 spiro atoms. The molecule has 0 amide bonds. The lowest BCUT2D eigenvalue weighted by atomic mass is 9.87. The van der Waals surface area contributed by atoms with Crippen molar-refractivity contribution in [2.24, 2.45) is 0 Å². The van der Waals surface area contributed by atoms with Crippen molar-refractivity contribution in [3.05, 3.63) is 59.7 Å². The molecule has 0 unspecified atom stereocenters. The molecule has 0 radical (unpaired) electrons. The van der Waals surface area contributed by atoms with Crippen LogP contribution in [0.5, 0.6) is 5.75 Å². The molecule has 0 heterocycles. The molecule has 0 fully saturated rings. The molecule has 0 atom stereocenters. The van der Waals surface area contributed by atoms with Gasteiger partial charge in [0.15, 0.2) is 0 Å². The van der Waals surface area contributed by atoms with Crippen LogP contribution in [-0.2, 0) is 12.0 Å². The van der Waals surface area contributed by atoms with Crippen LogP contribution in [0, 0.1) is 0 Å². The first-order chi connectivity index (χ1) is 10.4. The van der Waals surface area contributed by atoms with Gasteiger partial charge in [-0.05, 0) is 43.0 Å². The van der Waals surface area contributed by atoms with Gasteiger partial charge in [-0.2, -0.15) is 0 Å². The zero-order chi connectivity index (χ0) is 16.2. The van der Waals surface area contributed by atoms with Crippen LogP contribution in [0.15, 0.2) is 48.5 Å². The Labute approximate surface area is 134 Å². The van der Waals surface area contributed by atoms with E-state index in [4.69, 9.17) is 4.74 Å². The van der Waals surface area contributed by atoms with Crippen molar-refractivity contribution in [1.29, 1.82) is 0 Å². The Morgan fingerprint density at radius 2 is 1.59 bits per heavy atom. The molecule has 2 rings (SSSR count). The van der Waals surface area contributed by atoms with Crippen LogP contribution in [0.2, 0.25) is 0 Å². The average Bonchev–Trinajstić information content (AvgIpc) is 2.45. The fourth-order valence-corrected chi connectivity index (χ4v) is 2.30. The molecule has 2 heteroatoms. The highest BCUT2D eigenvalue weighted by molar-refractivity contribution is 5.47. The molecule has 118 valence electrons. The fraction of sp³-hybridized carbons (Fsp3) is 0.400. The molecular weight excluding hydrogens is 270 g/mol. The summed E-state index contributed by atoms with van der Waals surface area (Å²) < 4.78 is 5.86. The Morgan fingerprint density at radius 1 is 0.955 bits per heavy atom. The van der Waals surface area contributed by atoms with E-state index in [1.165, 1.54) is 11.1 Å². The Bertz CT molecular complexity index is 594. The van der Waals surface area contributed by atoms with Crippen LogP contribution < -0.4 is 10.1 Å². The fourth-order valence-electron chi connectivity index (χ4n) is 2.30. The highest BCUT2D eigenvalue weighted by Crippen LogP contribution is 2.24. The molecule has 22 heavy (non-hydrogen) atoms. The third-order valence-corrected chi connectivity index (χ3v) is 3.57. The van der Waals surface area contributed by atoms with E-state index in [1.54, 1.807) is 0 Å². The van der Waals surface area contributed by atoms with Gasteiger partial charge in [0.05, 0.1) is 6.10 Å². The number of nitrogens with one attached hydrogen (secondary N) is 1. The van der Waals surface area contributed by atoms with Crippen molar-refractivity contribution in [2.45, 2.75) is 52.7 Å². The second-order valence-corrected chi connectivity index (χ2v) is 6.96. The summed E-state index contributed by atoms with van der Waals surface area (Å²) in [5, 5.41) is 3.47. The maximum atomic E-state index is 5.86. The summed E-state index contributed by atoms with van der Waals surface area (Å²) in [6.07, 6.45) is 0.187. The van der Waals surface area contributed by atoms with Gasteiger partial charge in [0.1, 0.15) is 5.75 Å². The minimum absolute atomic E-state index is 0.187. The average molecular weight is 297 g/mol. The molecule has 2 aromatic carbocycles. The normalized spacial score (nSPS) is 11.5. The molecule has 2 nitrogen and oxygen atoms in total. The summed E-state index contributed by atoms with van der Waals surface area (Å²) in [5.74, 6) is 0.955. The predicted octanol–water partition coefficient (Wildman–Crippen LogP) is 5.38. The van der Waals surface area contributed by atoms with E-state index in [1.807, 2.05) is 18.2 Å². The van der Waals surface area contributed by atoms with Crippen LogP contribution in [0.1, 0.15) is 45.7 Å².